The Morgan fingerprint density at radius 1 is 0.571 bits per heavy atom. The average molecular weight is 292 g/mol. The lowest BCUT2D eigenvalue weighted by molar-refractivity contribution is 0.622. The minimum Gasteiger partial charge on any atom is -0.330 e. The van der Waals surface area contributed by atoms with Crippen LogP contribution in [0.5, 0.6) is 0 Å². The predicted molar refractivity (Wildman–Crippen MR) is 97.6 cm³/mol. The Morgan fingerprint density at radius 2 is 1.05 bits per heavy atom. The first kappa shape index (κ1) is 20.2. The summed E-state index contributed by atoms with van der Waals surface area (Å²) in [6.07, 6.45) is 28.9. The molecule has 0 atom stereocenters. The molecule has 122 valence electrons. The van der Waals surface area contributed by atoms with E-state index in [0.717, 1.165) is 19.4 Å². The molecule has 21 heavy (non-hydrogen) atoms. The van der Waals surface area contributed by atoms with Crippen LogP contribution in [0.25, 0.3) is 0 Å². The van der Waals surface area contributed by atoms with Crippen LogP contribution in [0.1, 0.15) is 84.0 Å². The molecule has 2 N–H and O–H groups in total. The van der Waals surface area contributed by atoms with E-state index in [-0.39, 0.29) is 0 Å². The van der Waals surface area contributed by atoms with Crippen molar-refractivity contribution in [1.82, 2.24) is 0 Å². The molecular weight excluding hydrogens is 254 g/mol. The first-order valence-corrected chi connectivity index (χ1v) is 9.06. The highest BCUT2D eigenvalue weighted by Gasteiger charge is 1.87. The number of rotatable bonds is 15. The molecule has 0 amide bonds. The van der Waals surface area contributed by atoms with E-state index in [0.29, 0.717) is 0 Å². The molecule has 0 fully saturated rings. The van der Waals surface area contributed by atoms with Gasteiger partial charge in [-0.2, -0.15) is 0 Å². The Kier molecular flexibility index (Phi) is 18.4. The standard InChI is InChI=1S/C20H37N/c1-2-3-4-5-6-7-8-9-10-11-12-13-14-15-16-17-18-19-20-21/h6-7,9-10,12-13H,2-5,8,11,14-21H2,1H3. The zero-order chi connectivity index (χ0) is 15.4. The summed E-state index contributed by atoms with van der Waals surface area (Å²) in [5.41, 5.74) is 5.47. The largest absolute Gasteiger partial charge is 0.330 e. The van der Waals surface area contributed by atoms with Gasteiger partial charge in [0.05, 0.1) is 0 Å². The van der Waals surface area contributed by atoms with E-state index in [9.17, 15) is 0 Å². The summed E-state index contributed by atoms with van der Waals surface area (Å²) in [6.45, 7) is 3.10. The number of unbranched alkanes of at least 4 members (excludes halogenated alkanes) is 8. The van der Waals surface area contributed by atoms with E-state index in [1.54, 1.807) is 0 Å². The smallest absolute Gasteiger partial charge is 0.00773 e. The van der Waals surface area contributed by atoms with Gasteiger partial charge in [0.2, 0.25) is 0 Å². The maximum absolute atomic E-state index is 5.47. The van der Waals surface area contributed by atoms with Crippen molar-refractivity contribution in [2.45, 2.75) is 84.0 Å². The molecule has 0 aromatic heterocycles. The highest BCUT2D eigenvalue weighted by atomic mass is 14.5. The van der Waals surface area contributed by atoms with Crippen LogP contribution in [0.2, 0.25) is 0 Å². The molecule has 0 saturated carbocycles. The fraction of sp³-hybridized carbons (Fsp3) is 0.700. The maximum Gasteiger partial charge on any atom is -0.00773 e. The molecule has 0 aliphatic heterocycles. The molecule has 0 radical (unpaired) electrons. The number of allylic oxidation sites excluding steroid dienone is 6. The van der Waals surface area contributed by atoms with Gasteiger partial charge in [0.1, 0.15) is 0 Å². The monoisotopic (exact) mass is 291 g/mol. The molecule has 0 aromatic carbocycles. The van der Waals surface area contributed by atoms with E-state index in [1.165, 1.54) is 64.2 Å². The van der Waals surface area contributed by atoms with Gasteiger partial charge in [0.15, 0.2) is 0 Å². The van der Waals surface area contributed by atoms with Gasteiger partial charge in [-0.1, -0.05) is 75.5 Å². The minimum absolute atomic E-state index is 0.847. The summed E-state index contributed by atoms with van der Waals surface area (Å²) in [6, 6.07) is 0. The van der Waals surface area contributed by atoms with Gasteiger partial charge in [-0.3, -0.25) is 0 Å². The lowest BCUT2D eigenvalue weighted by Gasteiger charge is -1.97. The van der Waals surface area contributed by atoms with Crippen LogP contribution in [0.4, 0.5) is 0 Å². The second-order valence-corrected chi connectivity index (χ2v) is 5.73. The van der Waals surface area contributed by atoms with Crippen LogP contribution < -0.4 is 5.73 Å². The molecule has 0 bridgehead atoms. The normalized spacial score (nSPS) is 12.3. The van der Waals surface area contributed by atoms with E-state index in [4.69, 9.17) is 5.73 Å². The van der Waals surface area contributed by atoms with Crippen molar-refractivity contribution in [3.63, 3.8) is 0 Å². The van der Waals surface area contributed by atoms with Crippen molar-refractivity contribution in [2.24, 2.45) is 5.73 Å². The van der Waals surface area contributed by atoms with E-state index in [2.05, 4.69) is 43.4 Å². The Morgan fingerprint density at radius 3 is 1.62 bits per heavy atom. The van der Waals surface area contributed by atoms with Crippen LogP contribution >= 0.6 is 0 Å². The van der Waals surface area contributed by atoms with Gasteiger partial charge < -0.3 is 5.73 Å². The molecule has 1 heteroatoms. The Hall–Kier alpha value is -0.820. The van der Waals surface area contributed by atoms with Crippen molar-refractivity contribution in [3.05, 3.63) is 36.5 Å². The first-order valence-electron chi connectivity index (χ1n) is 9.06. The highest BCUT2D eigenvalue weighted by molar-refractivity contribution is 4.97. The summed E-state index contributed by atoms with van der Waals surface area (Å²) in [5.74, 6) is 0. The molecule has 0 aromatic rings. The molecule has 0 saturated heterocycles. The molecule has 0 unspecified atom stereocenters. The van der Waals surface area contributed by atoms with E-state index >= 15 is 0 Å². The van der Waals surface area contributed by atoms with Crippen LogP contribution in [0.3, 0.4) is 0 Å². The lowest BCUT2D eigenvalue weighted by Crippen LogP contribution is -1.97. The topological polar surface area (TPSA) is 26.0 Å². The molecule has 0 aliphatic carbocycles. The second kappa shape index (κ2) is 19.2. The quantitative estimate of drug-likeness (QED) is 0.277. The average Bonchev–Trinajstić information content (AvgIpc) is 2.50. The van der Waals surface area contributed by atoms with Crippen molar-refractivity contribution >= 4 is 0 Å². The second-order valence-electron chi connectivity index (χ2n) is 5.73. The summed E-state index contributed by atoms with van der Waals surface area (Å²) in [4.78, 5) is 0. The Balaban J connectivity index is 3.24. The van der Waals surface area contributed by atoms with Crippen molar-refractivity contribution < 1.29 is 0 Å². The van der Waals surface area contributed by atoms with Crippen LogP contribution in [-0.4, -0.2) is 6.54 Å². The molecule has 1 nitrogen and oxygen atoms in total. The van der Waals surface area contributed by atoms with Gasteiger partial charge in [-0.25, -0.2) is 0 Å². The third-order valence-corrected chi connectivity index (χ3v) is 3.59. The van der Waals surface area contributed by atoms with Gasteiger partial charge in [-0.15, -0.1) is 0 Å². The molecule has 0 rings (SSSR count). The van der Waals surface area contributed by atoms with E-state index < -0.39 is 0 Å². The summed E-state index contributed by atoms with van der Waals surface area (Å²) < 4.78 is 0. The molecule has 0 aliphatic rings. The summed E-state index contributed by atoms with van der Waals surface area (Å²) in [7, 11) is 0. The van der Waals surface area contributed by atoms with Gasteiger partial charge >= 0.3 is 0 Å². The van der Waals surface area contributed by atoms with Crippen LogP contribution in [0, 0.1) is 0 Å². The maximum atomic E-state index is 5.47. The zero-order valence-corrected chi connectivity index (χ0v) is 14.2. The van der Waals surface area contributed by atoms with E-state index in [1.807, 2.05) is 0 Å². The van der Waals surface area contributed by atoms with Crippen molar-refractivity contribution in [1.29, 1.82) is 0 Å². The van der Waals surface area contributed by atoms with Crippen LogP contribution in [-0.2, 0) is 0 Å². The summed E-state index contributed by atoms with van der Waals surface area (Å²) >= 11 is 0. The third-order valence-electron chi connectivity index (χ3n) is 3.59. The Labute approximate surface area is 133 Å². The first-order chi connectivity index (χ1) is 10.4. The van der Waals surface area contributed by atoms with Gasteiger partial charge in [0, 0.05) is 0 Å². The predicted octanol–water partition coefficient (Wildman–Crippen LogP) is 6.31. The number of hydrogen-bond acceptors (Lipinski definition) is 1. The Bertz CT molecular complexity index is 263. The number of nitrogens with two attached hydrogens (primary N) is 1. The molecular formula is C20H37N. The summed E-state index contributed by atoms with van der Waals surface area (Å²) in [5, 5.41) is 0. The third kappa shape index (κ3) is 19.2. The zero-order valence-electron chi connectivity index (χ0n) is 14.2. The van der Waals surface area contributed by atoms with Gasteiger partial charge in [0.25, 0.3) is 0 Å². The fourth-order valence-corrected chi connectivity index (χ4v) is 2.23. The van der Waals surface area contributed by atoms with Crippen molar-refractivity contribution in [3.8, 4) is 0 Å². The van der Waals surface area contributed by atoms with Crippen molar-refractivity contribution in [2.75, 3.05) is 6.54 Å². The minimum atomic E-state index is 0.847. The highest BCUT2D eigenvalue weighted by Crippen LogP contribution is 2.05. The fourth-order valence-electron chi connectivity index (χ4n) is 2.23. The number of hydrogen-bond donors (Lipinski definition) is 1. The SMILES string of the molecule is CCCCCC=CCC=CCC=CCCCCCCCN. The lowest BCUT2D eigenvalue weighted by atomic mass is 10.1. The molecule has 0 spiro atoms. The van der Waals surface area contributed by atoms with Crippen LogP contribution in [0.15, 0.2) is 36.5 Å². The van der Waals surface area contributed by atoms with Gasteiger partial charge in [-0.05, 0) is 51.5 Å². The molecule has 0 heterocycles.